The number of nitrogens with zero attached hydrogens (tertiary/aromatic N) is 3. The SMILES string of the molecule is CS(=O)(=O)c1cccc(-n2nccc2C2=CC=CN(c3ccc(OC(F)(F)F)cc3)N2)c1. The Morgan fingerprint density at radius 3 is 2.47 bits per heavy atom. The molecule has 1 aliphatic heterocycles. The molecule has 0 fully saturated rings. The molecule has 0 bridgehead atoms. The lowest BCUT2D eigenvalue weighted by Gasteiger charge is -2.27. The highest BCUT2D eigenvalue weighted by atomic mass is 32.2. The van der Waals surface area contributed by atoms with Gasteiger partial charge in [0.25, 0.3) is 0 Å². The number of halogens is 3. The van der Waals surface area contributed by atoms with Crippen LogP contribution in [0, 0.1) is 0 Å². The maximum atomic E-state index is 12.4. The van der Waals surface area contributed by atoms with Crippen LogP contribution in [0.4, 0.5) is 18.9 Å². The van der Waals surface area contributed by atoms with E-state index in [0.717, 1.165) is 6.26 Å². The van der Waals surface area contributed by atoms with Crippen molar-refractivity contribution in [1.82, 2.24) is 15.2 Å². The Morgan fingerprint density at radius 2 is 1.78 bits per heavy atom. The predicted molar refractivity (Wildman–Crippen MR) is 113 cm³/mol. The first kappa shape index (κ1) is 21.5. The Morgan fingerprint density at radius 1 is 1.03 bits per heavy atom. The van der Waals surface area contributed by atoms with Crippen molar-refractivity contribution in [2.45, 2.75) is 11.3 Å². The maximum absolute atomic E-state index is 12.4. The number of ether oxygens (including phenoxy) is 1. The monoisotopic (exact) mass is 462 g/mol. The van der Waals surface area contributed by atoms with Crippen LogP contribution in [-0.4, -0.2) is 30.8 Å². The Bertz CT molecular complexity index is 1300. The highest BCUT2D eigenvalue weighted by Crippen LogP contribution is 2.27. The number of alkyl halides is 3. The zero-order valence-electron chi connectivity index (χ0n) is 16.6. The highest BCUT2D eigenvalue weighted by Gasteiger charge is 2.31. The number of aromatic nitrogens is 2. The molecule has 0 atom stereocenters. The molecule has 0 radical (unpaired) electrons. The van der Waals surface area contributed by atoms with Crippen LogP contribution in [0.25, 0.3) is 11.4 Å². The van der Waals surface area contributed by atoms with Crippen LogP contribution in [0.1, 0.15) is 5.69 Å². The lowest BCUT2D eigenvalue weighted by atomic mass is 10.2. The second-order valence-electron chi connectivity index (χ2n) is 6.84. The Hall–Kier alpha value is -3.73. The summed E-state index contributed by atoms with van der Waals surface area (Å²) in [5.41, 5.74) is 5.59. The summed E-state index contributed by atoms with van der Waals surface area (Å²) in [6, 6.07) is 13.6. The third kappa shape index (κ3) is 4.78. The van der Waals surface area contributed by atoms with Crippen LogP contribution in [0.5, 0.6) is 5.75 Å². The van der Waals surface area contributed by atoms with Gasteiger partial charge in [-0.1, -0.05) is 6.07 Å². The number of rotatable bonds is 5. The van der Waals surface area contributed by atoms with Crippen LogP contribution in [0.15, 0.2) is 84.0 Å². The van der Waals surface area contributed by atoms with Crippen molar-refractivity contribution >= 4 is 21.2 Å². The number of sulfone groups is 1. The van der Waals surface area contributed by atoms with Gasteiger partial charge in [-0.3, -0.25) is 10.4 Å². The summed E-state index contributed by atoms with van der Waals surface area (Å²) >= 11 is 0. The van der Waals surface area contributed by atoms with Gasteiger partial charge in [0.2, 0.25) is 0 Å². The zero-order valence-corrected chi connectivity index (χ0v) is 17.4. The Labute approximate surface area is 181 Å². The molecule has 2 heterocycles. The van der Waals surface area contributed by atoms with Gasteiger partial charge in [-0.25, -0.2) is 13.1 Å². The van der Waals surface area contributed by atoms with E-state index in [4.69, 9.17) is 0 Å². The molecule has 1 aromatic heterocycles. The minimum Gasteiger partial charge on any atom is -0.406 e. The number of hydrogen-bond donors (Lipinski definition) is 1. The van der Waals surface area contributed by atoms with E-state index in [-0.39, 0.29) is 10.6 Å². The van der Waals surface area contributed by atoms with Gasteiger partial charge in [-0.2, -0.15) is 5.10 Å². The van der Waals surface area contributed by atoms with Gasteiger partial charge >= 0.3 is 6.36 Å². The van der Waals surface area contributed by atoms with Crippen LogP contribution < -0.4 is 15.2 Å². The Kier molecular flexibility index (Phi) is 5.43. The highest BCUT2D eigenvalue weighted by molar-refractivity contribution is 7.90. The van der Waals surface area contributed by atoms with E-state index in [2.05, 4.69) is 15.3 Å². The minimum atomic E-state index is -4.76. The van der Waals surface area contributed by atoms with Gasteiger partial charge in [0, 0.05) is 12.5 Å². The van der Waals surface area contributed by atoms with E-state index in [1.807, 2.05) is 0 Å². The summed E-state index contributed by atoms with van der Waals surface area (Å²) < 4.78 is 66.4. The van der Waals surface area contributed by atoms with Gasteiger partial charge in [0.1, 0.15) is 5.75 Å². The van der Waals surface area contributed by atoms with Gasteiger partial charge in [-0.15, -0.1) is 13.2 Å². The molecule has 1 N–H and O–H groups in total. The molecular formula is C21H17F3N4O3S. The molecule has 2 aromatic carbocycles. The molecule has 1 aliphatic rings. The fourth-order valence-electron chi connectivity index (χ4n) is 3.09. The summed E-state index contributed by atoms with van der Waals surface area (Å²) in [5, 5.41) is 5.93. The van der Waals surface area contributed by atoms with Gasteiger partial charge in [0.05, 0.1) is 33.9 Å². The first-order chi connectivity index (χ1) is 15.1. The average Bonchev–Trinajstić information content (AvgIpc) is 3.23. The van der Waals surface area contributed by atoms with Gasteiger partial charge < -0.3 is 4.74 Å². The number of hydrogen-bond acceptors (Lipinski definition) is 6. The van der Waals surface area contributed by atoms with Crippen molar-refractivity contribution < 1.29 is 26.3 Å². The van der Waals surface area contributed by atoms with Crippen LogP contribution in [0.3, 0.4) is 0 Å². The molecule has 32 heavy (non-hydrogen) atoms. The molecule has 11 heteroatoms. The van der Waals surface area contributed by atoms with Crippen molar-refractivity contribution in [3.8, 4) is 11.4 Å². The summed E-state index contributed by atoms with van der Waals surface area (Å²) in [4.78, 5) is 0.171. The predicted octanol–water partition coefficient (Wildman–Crippen LogP) is 4.05. The molecular weight excluding hydrogens is 445 g/mol. The Balaban J connectivity index is 1.58. The van der Waals surface area contributed by atoms with E-state index in [1.54, 1.807) is 52.4 Å². The molecule has 0 aliphatic carbocycles. The largest absolute Gasteiger partial charge is 0.573 e. The van der Waals surface area contributed by atoms with E-state index in [9.17, 15) is 21.6 Å². The quantitative estimate of drug-likeness (QED) is 0.617. The molecule has 3 aromatic rings. The van der Waals surface area contributed by atoms with Crippen molar-refractivity contribution in [3.63, 3.8) is 0 Å². The van der Waals surface area contributed by atoms with E-state index < -0.39 is 16.2 Å². The minimum absolute atomic E-state index is 0.171. The van der Waals surface area contributed by atoms with E-state index >= 15 is 0 Å². The first-order valence-corrected chi connectivity index (χ1v) is 11.1. The number of allylic oxidation sites excluding steroid dienone is 2. The third-order valence-corrected chi connectivity index (χ3v) is 5.61. The summed E-state index contributed by atoms with van der Waals surface area (Å²) in [5.74, 6) is -0.318. The van der Waals surface area contributed by atoms with E-state index in [0.29, 0.717) is 22.8 Å². The summed E-state index contributed by atoms with van der Waals surface area (Å²) in [6.45, 7) is 0. The molecule has 4 rings (SSSR count). The van der Waals surface area contributed by atoms with Crippen LogP contribution in [0.2, 0.25) is 0 Å². The standard InChI is InChI=1S/C21H17F3N4O3S/c1-32(29,30)18-5-2-4-16(14-18)28-20(11-12-25-28)19-6-3-13-27(26-19)15-7-9-17(10-8-15)31-21(22,23)24/h2-14,26H,1H3. The second kappa shape index (κ2) is 8.08. The topological polar surface area (TPSA) is 76.5 Å². The van der Waals surface area contributed by atoms with Crippen molar-refractivity contribution in [1.29, 1.82) is 0 Å². The number of anilines is 1. The molecule has 0 saturated carbocycles. The number of hydrazine groups is 1. The first-order valence-electron chi connectivity index (χ1n) is 9.25. The van der Waals surface area contributed by atoms with Crippen molar-refractivity contribution in [3.05, 3.63) is 84.8 Å². The lowest BCUT2D eigenvalue weighted by molar-refractivity contribution is -0.274. The fourth-order valence-corrected chi connectivity index (χ4v) is 3.75. The second-order valence-corrected chi connectivity index (χ2v) is 8.86. The smallest absolute Gasteiger partial charge is 0.406 e. The maximum Gasteiger partial charge on any atom is 0.573 e. The van der Waals surface area contributed by atoms with Gasteiger partial charge in [0.15, 0.2) is 9.84 Å². The average molecular weight is 462 g/mol. The molecule has 0 unspecified atom stereocenters. The molecule has 166 valence electrons. The molecule has 0 saturated heterocycles. The zero-order chi connectivity index (χ0) is 22.9. The third-order valence-electron chi connectivity index (χ3n) is 4.50. The van der Waals surface area contributed by atoms with Crippen LogP contribution >= 0.6 is 0 Å². The van der Waals surface area contributed by atoms with Crippen molar-refractivity contribution in [2.24, 2.45) is 0 Å². The summed E-state index contributed by atoms with van der Waals surface area (Å²) in [6.07, 6.45) is 3.22. The summed E-state index contributed by atoms with van der Waals surface area (Å²) in [7, 11) is -3.39. The van der Waals surface area contributed by atoms with Gasteiger partial charge in [-0.05, 0) is 60.7 Å². The molecule has 0 amide bonds. The number of nitrogens with one attached hydrogen (secondary N) is 1. The molecule has 0 spiro atoms. The van der Waals surface area contributed by atoms with Crippen molar-refractivity contribution in [2.75, 3.05) is 11.3 Å². The van der Waals surface area contributed by atoms with Crippen LogP contribution in [-0.2, 0) is 9.84 Å². The number of benzene rings is 2. The normalized spacial score (nSPS) is 14.1. The van der Waals surface area contributed by atoms with E-state index in [1.165, 1.54) is 36.4 Å². The molecule has 7 nitrogen and oxygen atoms in total. The lowest BCUT2D eigenvalue weighted by Crippen LogP contribution is -2.34. The fraction of sp³-hybridized carbons (Fsp3) is 0.0952.